The number of thioether (sulfide) groups is 1. The Morgan fingerprint density at radius 3 is 2.57 bits per heavy atom. The molecule has 3 aromatic rings. The highest BCUT2D eigenvalue weighted by Gasteiger charge is 2.23. The summed E-state index contributed by atoms with van der Waals surface area (Å²) in [7, 11) is 1.89. The van der Waals surface area contributed by atoms with E-state index in [1.54, 1.807) is 25.1 Å². The maximum Gasteiger partial charge on any atom is 0.343 e. The molecule has 3 aromatic heterocycles. The highest BCUT2D eigenvalue weighted by Crippen LogP contribution is 2.26. The first kappa shape index (κ1) is 19.9. The Morgan fingerprint density at radius 2 is 2.00 bits per heavy atom. The quantitative estimate of drug-likeness (QED) is 0.270. The number of furan rings is 1. The standard InChI is InChI=1S/C20H21N3O4S/c1-11-9-14(13(3)23(11)4)15(24)10-27-20(25)17-12(2)21-18(22-19(17)28-5)16-7-6-8-26-16/h6-9H,10H2,1-5H3. The van der Waals surface area contributed by atoms with Crippen molar-refractivity contribution < 1.29 is 18.7 Å². The van der Waals surface area contributed by atoms with Crippen molar-refractivity contribution >= 4 is 23.5 Å². The Bertz CT molecular complexity index is 1040. The Labute approximate surface area is 167 Å². The zero-order valence-corrected chi connectivity index (χ0v) is 17.2. The van der Waals surface area contributed by atoms with Gasteiger partial charge in [0.25, 0.3) is 0 Å². The normalized spacial score (nSPS) is 10.9. The van der Waals surface area contributed by atoms with Crippen molar-refractivity contribution in [2.24, 2.45) is 7.05 Å². The number of esters is 1. The van der Waals surface area contributed by atoms with Gasteiger partial charge in [-0.1, -0.05) is 0 Å². The molecule has 0 spiro atoms. The van der Waals surface area contributed by atoms with Gasteiger partial charge in [0.05, 0.1) is 12.0 Å². The molecule has 0 bridgehead atoms. The third-order valence-corrected chi connectivity index (χ3v) is 5.29. The topological polar surface area (TPSA) is 87.2 Å². The second-order valence-corrected chi connectivity index (χ2v) is 7.13. The van der Waals surface area contributed by atoms with Gasteiger partial charge in [-0.15, -0.1) is 11.8 Å². The van der Waals surface area contributed by atoms with Gasteiger partial charge in [0, 0.05) is 24.0 Å². The molecular weight excluding hydrogens is 378 g/mol. The zero-order valence-electron chi connectivity index (χ0n) is 16.4. The van der Waals surface area contributed by atoms with Gasteiger partial charge in [0.15, 0.2) is 18.2 Å². The van der Waals surface area contributed by atoms with Crippen LogP contribution in [0.25, 0.3) is 11.6 Å². The van der Waals surface area contributed by atoms with E-state index in [1.165, 1.54) is 18.0 Å². The molecule has 0 aliphatic carbocycles. The SMILES string of the molecule is CSc1nc(-c2ccco2)nc(C)c1C(=O)OCC(=O)c1cc(C)n(C)c1C. The van der Waals surface area contributed by atoms with Crippen molar-refractivity contribution in [3.05, 3.63) is 52.7 Å². The van der Waals surface area contributed by atoms with Gasteiger partial charge < -0.3 is 13.7 Å². The Balaban J connectivity index is 1.80. The largest absolute Gasteiger partial charge is 0.461 e. The Hall–Kier alpha value is -2.87. The van der Waals surface area contributed by atoms with Crippen molar-refractivity contribution in [2.45, 2.75) is 25.8 Å². The molecule has 146 valence electrons. The predicted molar refractivity (Wildman–Crippen MR) is 106 cm³/mol. The highest BCUT2D eigenvalue weighted by atomic mass is 32.2. The number of rotatable bonds is 6. The number of carbonyl (C=O) groups is 2. The molecule has 0 aromatic carbocycles. The van der Waals surface area contributed by atoms with Gasteiger partial charge >= 0.3 is 5.97 Å². The van der Waals surface area contributed by atoms with E-state index in [0.717, 1.165) is 11.4 Å². The fourth-order valence-corrected chi connectivity index (χ4v) is 3.48. The van der Waals surface area contributed by atoms with Crippen LogP contribution in [-0.4, -0.2) is 39.2 Å². The number of Topliss-reactive ketones (excluding diaryl/α,β-unsaturated/α-hetero) is 1. The number of carbonyl (C=O) groups excluding carboxylic acids is 2. The minimum absolute atomic E-state index is 0.244. The number of ketones is 1. The summed E-state index contributed by atoms with van der Waals surface area (Å²) >= 11 is 1.31. The van der Waals surface area contributed by atoms with Crippen LogP contribution in [-0.2, 0) is 11.8 Å². The molecule has 0 aliphatic heterocycles. The van der Waals surface area contributed by atoms with E-state index in [9.17, 15) is 9.59 Å². The van der Waals surface area contributed by atoms with Crippen LogP contribution in [0.5, 0.6) is 0 Å². The van der Waals surface area contributed by atoms with Crippen LogP contribution in [0, 0.1) is 20.8 Å². The van der Waals surface area contributed by atoms with Crippen LogP contribution in [0.1, 0.15) is 37.8 Å². The summed E-state index contributed by atoms with van der Waals surface area (Å²) in [6.45, 7) is 5.15. The average molecular weight is 399 g/mol. The van der Waals surface area contributed by atoms with Gasteiger partial charge in [-0.25, -0.2) is 14.8 Å². The van der Waals surface area contributed by atoms with Crippen molar-refractivity contribution in [1.29, 1.82) is 0 Å². The summed E-state index contributed by atoms with van der Waals surface area (Å²) < 4.78 is 12.5. The third kappa shape index (κ3) is 3.73. The van der Waals surface area contributed by atoms with Crippen LogP contribution in [0.2, 0.25) is 0 Å². The monoisotopic (exact) mass is 399 g/mol. The summed E-state index contributed by atoms with van der Waals surface area (Å²) in [5.41, 5.74) is 3.09. The van der Waals surface area contributed by atoms with Crippen LogP contribution in [0.15, 0.2) is 33.9 Å². The maximum atomic E-state index is 12.6. The average Bonchev–Trinajstić information content (AvgIpc) is 3.30. The lowest BCUT2D eigenvalue weighted by Gasteiger charge is -2.11. The van der Waals surface area contributed by atoms with Gasteiger partial charge in [-0.3, -0.25) is 4.79 Å². The number of nitrogens with zero attached hydrogens (tertiary/aromatic N) is 3. The molecule has 8 heteroatoms. The van der Waals surface area contributed by atoms with E-state index in [4.69, 9.17) is 9.15 Å². The van der Waals surface area contributed by atoms with Crippen LogP contribution < -0.4 is 0 Å². The van der Waals surface area contributed by atoms with Gasteiger partial charge in [-0.05, 0) is 45.2 Å². The lowest BCUT2D eigenvalue weighted by molar-refractivity contribution is 0.0469. The lowest BCUT2D eigenvalue weighted by atomic mass is 10.1. The molecule has 0 radical (unpaired) electrons. The molecule has 3 heterocycles. The molecular formula is C20H21N3O4S. The molecule has 7 nitrogen and oxygen atoms in total. The summed E-state index contributed by atoms with van der Waals surface area (Å²) in [6.07, 6.45) is 3.35. The van der Waals surface area contributed by atoms with Crippen molar-refractivity contribution in [3.8, 4) is 11.6 Å². The van der Waals surface area contributed by atoms with E-state index in [1.807, 2.05) is 31.7 Å². The first-order valence-electron chi connectivity index (χ1n) is 8.63. The minimum Gasteiger partial charge on any atom is -0.461 e. The first-order chi connectivity index (χ1) is 13.3. The minimum atomic E-state index is -0.619. The summed E-state index contributed by atoms with van der Waals surface area (Å²) in [6, 6.07) is 5.29. The van der Waals surface area contributed by atoms with Crippen molar-refractivity contribution in [2.75, 3.05) is 12.9 Å². The molecule has 28 heavy (non-hydrogen) atoms. The number of hydrogen-bond donors (Lipinski definition) is 0. The highest BCUT2D eigenvalue weighted by molar-refractivity contribution is 7.98. The number of aryl methyl sites for hydroxylation is 2. The summed E-state index contributed by atoms with van der Waals surface area (Å²) in [4.78, 5) is 33.9. The maximum absolute atomic E-state index is 12.6. The summed E-state index contributed by atoms with van der Waals surface area (Å²) in [5.74, 6) is 0.0517. The molecule has 0 unspecified atom stereocenters. The zero-order chi connectivity index (χ0) is 20.4. The molecule has 0 saturated heterocycles. The fourth-order valence-electron chi connectivity index (χ4n) is 2.86. The van der Waals surface area contributed by atoms with E-state index in [-0.39, 0.29) is 18.0 Å². The van der Waals surface area contributed by atoms with Gasteiger partial charge in [0.2, 0.25) is 5.78 Å². The van der Waals surface area contributed by atoms with Crippen molar-refractivity contribution in [1.82, 2.24) is 14.5 Å². The Morgan fingerprint density at radius 1 is 1.25 bits per heavy atom. The first-order valence-corrected chi connectivity index (χ1v) is 9.85. The van der Waals surface area contributed by atoms with Gasteiger partial charge in [-0.2, -0.15) is 0 Å². The lowest BCUT2D eigenvalue weighted by Crippen LogP contribution is -2.17. The molecule has 0 saturated carbocycles. The molecule has 0 N–H and O–H groups in total. The van der Waals surface area contributed by atoms with Crippen LogP contribution in [0.4, 0.5) is 0 Å². The van der Waals surface area contributed by atoms with E-state index in [0.29, 0.717) is 27.9 Å². The van der Waals surface area contributed by atoms with E-state index >= 15 is 0 Å². The smallest absolute Gasteiger partial charge is 0.343 e. The predicted octanol–water partition coefficient (Wildman–Crippen LogP) is 3.76. The van der Waals surface area contributed by atoms with Crippen LogP contribution >= 0.6 is 11.8 Å². The fraction of sp³-hybridized carbons (Fsp3) is 0.300. The second-order valence-electron chi connectivity index (χ2n) is 6.34. The second kappa shape index (κ2) is 8.02. The Kier molecular flexibility index (Phi) is 5.69. The molecule has 0 aliphatic rings. The summed E-state index contributed by atoms with van der Waals surface area (Å²) in [5, 5.41) is 0.475. The number of ether oxygens (including phenoxy) is 1. The molecule has 0 amide bonds. The van der Waals surface area contributed by atoms with Crippen molar-refractivity contribution in [3.63, 3.8) is 0 Å². The molecule has 0 atom stereocenters. The number of aromatic nitrogens is 3. The number of hydrogen-bond acceptors (Lipinski definition) is 7. The molecule has 3 rings (SSSR count). The van der Waals surface area contributed by atoms with E-state index < -0.39 is 5.97 Å². The van der Waals surface area contributed by atoms with Crippen LogP contribution in [0.3, 0.4) is 0 Å². The third-order valence-electron chi connectivity index (χ3n) is 4.61. The molecule has 0 fully saturated rings. The van der Waals surface area contributed by atoms with E-state index in [2.05, 4.69) is 9.97 Å². The van der Waals surface area contributed by atoms with Gasteiger partial charge in [0.1, 0.15) is 10.6 Å².